The predicted molar refractivity (Wildman–Crippen MR) is 103 cm³/mol. The molecule has 1 aromatic carbocycles. The molecule has 3 heterocycles. The number of Topliss-reactive ketones (excluding diaryl/α,β-unsaturated/α-hetero) is 1. The Balaban J connectivity index is 1.80. The normalized spacial score (nSPS) is 24.3. The molecule has 2 aromatic rings. The van der Waals surface area contributed by atoms with Gasteiger partial charge in [0.25, 0.3) is 11.7 Å². The summed E-state index contributed by atoms with van der Waals surface area (Å²) in [4.78, 5) is 27.1. The summed E-state index contributed by atoms with van der Waals surface area (Å²) < 4.78 is 11.4. The van der Waals surface area contributed by atoms with E-state index in [1.54, 1.807) is 43.3 Å². The fourth-order valence-electron chi connectivity index (χ4n) is 3.74. The number of furan rings is 1. The maximum atomic E-state index is 12.8. The molecule has 1 aromatic heterocycles. The van der Waals surface area contributed by atoms with Gasteiger partial charge in [0.2, 0.25) is 0 Å². The average Bonchev–Trinajstić information content (AvgIpc) is 3.39. The van der Waals surface area contributed by atoms with Gasteiger partial charge in [-0.25, -0.2) is 0 Å². The zero-order valence-corrected chi connectivity index (χ0v) is 16.1. The topological polar surface area (TPSA) is 80.0 Å². The molecule has 4 rings (SSSR count). The highest BCUT2D eigenvalue weighted by Gasteiger charge is 2.48. The van der Waals surface area contributed by atoms with Crippen LogP contribution in [-0.2, 0) is 14.3 Å². The number of ketones is 1. The van der Waals surface area contributed by atoms with Gasteiger partial charge in [0.1, 0.15) is 23.3 Å². The van der Waals surface area contributed by atoms with Crippen molar-refractivity contribution in [1.82, 2.24) is 4.90 Å². The van der Waals surface area contributed by atoms with Gasteiger partial charge in [-0.3, -0.25) is 9.59 Å². The third-order valence-electron chi connectivity index (χ3n) is 5.11. The second kappa shape index (κ2) is 7.45. The second-order valence-corrected chi connectivity index (χ2v) is 7.48. The lowest BCUT2D eigenvalue weighted by molar-refractivity contribution is -0.141. The second-order valence-electron chi connectivity index (χ2n) is 7.04. The number of aliphatic hydroxyl groups excluding tert-OH is 1. The number of amides is 1. The third-order valence-corrected chi connectivity index (χ3v) is 5.36. The molecule has 1 N–H and O–H groups in total. The Morgan fingerprint density at radius 2 is 1.96 bits per heavy atom. The summed E-state index contributed by atoms with van der Waals surface area (Å²) in [7, 11) is 0. The van der Waals surface area contributed by atoms with Crippen LogP contribution in [0.3, 0.4) is 0 Å². The lowest BCUT2D eigenvalue weighted by atomic mass is 9.99. The standard InChI is InChI=1S/C21H20ClNO5/c1-12-4-9-16(28-12)18-17(19(24)13-5-7-14(22)8-6-13)20(25)21(26)23(18)11-15-3-2-10-27-15/h4-9,15,18,24H,2-3,10-11H2,1H3/b19-17+. The van der Waals surface area contributed by atoms with E-state index in [0.29, 0.717) is 28.7 Å². The molecule has 0 spiro atoms. The first-order valence-electron chi connectivity index (χ1n) is 9.18. The molecular weight excluding hydrogens is 382 g/mol. The maximum absolute atomic E-state index is 12.8. The summed E-state index contributed by atoms with van der Waals surface area (Å²) in [6.07, 6.45) is 1.61. The highest BCUT2D eigenvalue weighted by atomic mass is 35.5. The Hall–Kier alpha value is -2.57. The number of nitrogens with zero attached hydrogens (tertiary/aromatic N) is 1. The number of aryl methyl sites for hydroxylation is 1. The van der Waals surface area contributed by atoms with Crippen molar-refractivity contribution in [2.75, 3.05) is 13.2 Å². The van der Waals surface area contributed by atoms with Gasteiger partial charge in [0.05, 0.1) is 11.7 Å². The van der Waals surface area contributed by atoms with Gasteiger partial charge in [-0.1, -0.05) is 11.6 Å². The number of carbonyl (C=O) groups is 2. The highest BCUT2D eigenvalue weighted by Crippen LogP contribution is 2.40. The molecule has 2 fully saturated rings. The van der Waals surface area contributed by atoms with E-state index < -0.39 is 17.7 Å². The number of benzene rings is 1. The van der Waals surface area contributed by atoms with Crippen molar-refractivity contribution in [2.45, 2.75) is 31.9 Å². The van der Waals surface area contributed by atoms with Gasteiger partial charge in [0, 0.05) is 23.7 Å². The largest absolute Gasteiger partial charge is 0.507 e. The SMILES string of the molecule is Cc1ccc(C2/C(=C(\O)c3ccc(Cl)cc3)C(=O)C(=O)N2CC2CCCO2)o1. The summed E-state index contributed by atoms with van der Waals surface area (Å²) in [5.41, 5.74) is 0.424. The van der Waals surface area contributed by atoms with Gasteiger partial charge in [0.15, 0.2) is 0 Å². The quantitative estimate of drug-likeness (QED) is 0.478. The van der Waals surface area contributed by atoms with Crippen LogP contribution in [0.5, 0.6) is 0 Å². The Morgan fingerprint density at radius 3 is 2.57 bits per heavy atom. The maximum Gasteiger partial charge on any atom is 0.295 e. The van der Waals surface area contributed by atoms with Crippen molar-refractivity contribution in [1.29, 1.82) is 0 Å². The van der Waals surface area contributed by atoms with Crippen LogP contribution >= 0.6 is 11.6 Å². The van der Waals surface area contributed by atoms with Gasteiger partial charge >= 0.3 is 0 Å². The van der Waals surface area contributed by atoms with E-state index in [1.165, 1.54) is 4.90 Å². The van der Waals surface area contributed by atoms with Crippen LogP contribution < -0.4 is 0 Å². The minimum atomic E-state index is -0.798. The third kappa shape index (κ3) is 3.34. The fourth-order valence-corrected chi connectivity index (χ4v) is 3.86. The van der Waals surface area contributed by atoms with Gasteiger partial charge < -0.3 is 19.2 Å². The minimum absolute atomic E-state index is 0.0136. The minimum Gasteiger partial charge on any atom is -0.507 e. The van der Waals surface area contributed by atoms with Crippen LogP contribution in [0, 0.1) is 6.92 Å². The average molecular weight is 402 g/mol. The molecule has 2 aliphatic heterocycles. The van der Waals surface area contributed by atoms with E-state index in [-0.39, 0.29) is 24.0 Å². The van der Waals surface area contributed by atoms with Crippen LogP contribution in [0.2, 0.25) is 5.02 Å². The fraction of sp³-hybridized carbons (Fsp3) is 0.333. The Bertz CT molecular complexity index is 940. The number of rotatable bonds is 4. The number of likely N-dealkylation sites (tertiary alicyclic amines) is 1. The van der Waals surface area contributed by atoms with E-state index in [1.807, 2.05) is 0 Å². The smallest absolute Gasteiger partial charge is 0.295 e. The Labute approximate surface area is 167 Å². The van der Waals surface area contributed by atoms with Crippen LogP contribution in [0.15, 0.2) is 46.4 Å². The lowest BCUT2D eigenvalue weighted by Crippen LogP contribution is -2.36. The van der Waals surface area contributed by atoms with Crippen LogP contribution in [0.1, 0.15) is 36.0 Å². The van der Waals surface area contributed by atoms with Crippen molar-refractivity contribution < 1.29 is 23.8 Å². The molecule has 0 radical (unpaired) electrons. The molecule has 2 atom stereocenters. The lowest BCUT2D eigenvalue weighted by Gasteiger charge is -2.25. The summed E-state index contributed by atoms with van der Waals surface area (Å²) in [6, 6.07) is 9.14. The van der Waals surface area contributed by atoms with Crippen molar-refractivity contribution in [3.8, 4) is 0 Å². The Kier molecular flexibility index (Phi) is 5.00. The molecule has 1 amide bonds. The van der Waals surface area contributed by atoms with Crippen molar-refractivity contribution in [3.05, 3.63) is 64.1 Å². The van der Waals surface area contributed by atoms with Crippen molar-refractivity contribution >= 4 is 29.1 Å². The van der Waals surface area contributed by atoms with E-state index in [2.05, 4.69) is 0 Å². The first kappa shape index (κ1) is 18.8. The first-order chi connectivity index (χ1) is 13.5. The van der Waals surface area contributed by atoms with Crippen LogP contribution in [0.4, 0.5) is 0 Å². The number of aliphatic hydroxyl groups is 1. The molecule has 2 saturated heterocycles. The van der Waals surface area contributed by atoms with E-state index in [0.717, 1.165) is 12.8 Å². The van der Waals surface area contributed by atoms with E-state index in [4.69, 9.17) is 20.8 Å². The van der Waals surface area contributed by atoms with Gasteiger partial charge in [-0.2, -0.15) is 0 Å². The molecule has 2 aliphatic rings. The molecule has 0 saturated carbocycles. The van der Waals surface area contributed by atoms with Gasteiger partial charge in [-0.15, -0.1) is 0 Å². The summed E-state index contributed by atoms with van der Waals surface area (Å²) in [5.74, 6) is -0.548. The van der Waals surface area contributed by atoms with E-state index in [9.17, 15) is 14.7 Å². The summed E-state index contributed by atoms with van der Waals surface area (Å²) in [6.45, 7) is 2.70. The van der Waals surface area contributed by atoms with E-state index >= 15 is 0 Å². The molecule has 7 heteroatoms. The molecule has 0 bridgehead atoms. The van der Waals surface area contributed by atoms with Gasteiger partial charge in [-0.05, 0) is 56.2 Å². The molecule has 146 valence electrons. The summed E-state index contributed by atoms with van der Waals surface area (Å²) >= 11 is 5.92. The molecule has 28 heavy (non-hydrogen) atoms. The van der Waals surface area contributed by atoms with Crippen LogP contribution in [0.25, 0.3) is 5.76 Å². The molecular formula is C21H20ClNO5. The molecule has 6 nitrogen and oxygen atoms in total. The number of hydrogen-bond acceptors (Lipinski definition) is 5. The highest BCUT2D eigenvalue weighted by molar-refractivity contribution is 6.46. The number of hydrogen-bond donors (Lipinski definition) is 1. The van der Waals surface area contributed by atoms with Crippen molar-refractivity contribution in [3.63, 3.8) is 0 Å². The molecule has 2 unspecified atom stereocenters. The predicted octanol–water partition coefficient (Wildman–Crippen LogP) is 3.84. The Morgan fingerprint density at radius 1 is 1.21 bits per heavy atom. The number of halogens is 1. The van der Waals surface area contributed by atoms with Crippen molar-refractivity contribution in [2.24, 2.45) is 0 Å². The van der Waals surface area contributed by atoms with Crippen LogP contribution in [-0.4, -0.2) is 41.0 Å². The number of ether oxygens (including phenoxy) is 1. The zero-order chi connectivity index (χ0) is 19.8. The zero-order valence-electron chi connectivity index (χ0n) is 15.4. The monoisotopic (exact) mass is 401 g/mol. The first-order valence-corrected chi connectivity index (χ1v) is 9.56. The molecule has 0 aliphatic carbocycles. The number of carbonyl (C=O) groups excluding carboxylic acids is 2. The summed E-state index contributed by atoms with van der Waals surface area (Å²) in [5, 5.41) is 11.4.